The van der Waals surface area contributed by atoms with E-state index in [1.54, 1.807) is 0 Å². The minimum Gasteiger partial charge on any atom is -0.307 e. The minimum atomic E-state index is 0.332. The summed E-state index contributed by atoms with van der Waals surface area (Å²) in [4.78, 5) is 0. The third-order valence-electron chi connectivity index (χ3n) is 3.49. The average molecular weight is 211 g/mol. The highest BCUT2D eigenvalue weighted by Crippen LogP contribution is 2.35. The maximum atomic E-state index is 3.75. The summed E-state index contributed by atoms with van der Waals surface area (Å²) in [5, 5.41) is 3.75. The minimum absolute atomic E-state index is 0.332. The summed E-state index contributed by atoms with van der Waals surface area (Å²) in [6.45, 7) is 11.7. The lowest BCUT2D eigenvalue weighted by Crippen LogP contribution is -2.57. The zero-order chi connectivity index (χ0) is 11.5. The maximum absolute atomic E-state index is 3.75. The molecule has 0 aromatic heterocycles. The molecule has 1 heterocycles. The Morgan fingerprint density at radius 1 is 1.00 bits per heavy atom. The van der Waals surface area contributed by atoms with Gasteiger partial charge >= 0.3 is 0 Å². The Balaban J connectivity index is 2.44. The first-order valence-corrected chi connectivity index (χ1v) is 6.64. The molecule has 0 atom stereocenters. The van der Waals surface area contributed by atoms with Gasteiger partial charge in [0.05, 0.1) is 0 Å². The Hall–Kier alpha value is -0.0400. The van der Waals surface area contributed by atoms with Crippen molar-refractivity contribution in [2.24, 2.45) is 5.92 Å². The molecule has 0 amide bonds. The van der Waals surface area contributed by atoms with Gasteiger partial charge in [0.25, 0.3) is 0 Å². The summed E-state index contributed by atoms with van der Waals surface area (Å²) in [6, 6.07) is 0. The fourth-order valence-corrected chi connectivity index (χ4v) is 3.42. The molecule has 15 heavy (non-hydrogen) atoms. The van der Waals surface area contributed by atoms with Crippen LogP contribution in [0.15, 0.2) is 0 Å². The summed E-state index contributed by atoms with van der Waals surface area (Å²) < 4.78 is 0. The van der Waals surface area contributed by atoms with Crippen LogP contribution in [0.3, 0.4) is 0 Å². The van der Waals surface area contributed by atoms with Gasteiger partial charge in [0.1, 0.15) is 0 Å². The molecule has 1 aliphatic rings. The van der Waals surface area contributed by atoms with Crippen LogP contribution >= 0.6 is 0 Å². The number of nitrogens with one attached hydrogen (secondary N) is 1. The highest BCUT2D eigenvalue weighted by Gasteiger charge is 2.36. The first-order valence-electron chi connectivity index (χ1n) is 6.64. The van der Waals surface area contributed by atoms with Crippen molar-refractivity contribution in [3.8, 4) is 0 Å². The fraction of sp³-hybridized carbons (Fsp3) is 1.00. The lowest BCUT2D eigenvalue weighted by atomic mass is 9.74. The van der Waals surface area contributed by atoms with Gasteiger partial charge in [0, 0.05) is 11.1 Å². The molecular formula is C14H29N. The van der Waals surface area contributed by atoms with Crippen LogP contribution in [-0.2, 0) is 0 Å². The second kappa shape index (κ2) is 4.86. The number of unbranched alkanes of at least 4 members (excludes halogenated alkanes) is 2. The molecule has 0 spiro atoms. The molecule has 0 aliphatic carbocycles. The van der Waals surface area contributed by atoms with Crippen molar-refractivity contribution < 1.29 is 0 Å². The smallest absolute Gasteiger partial charge is 0.0132 e. The van der Waals surface area contributed by atoms with Crippen LogP contribution in [0.2, 0.25) is 0 Å². The van der Waals surface area contributed by atoms with Gasteiger partial charge in [-0.05, 0) is 46.5 Å². The van der Waals surface area contributed by atoms with Crippen molar-refractivity contribution in [1.29, 1.82) is 0 Å². The van der Waals surface area contributed by atoms with Crippen LogP contribution in [0.5, 0.6) is 0 Å². The Morgan fingerprint density at radius 3 is 2.00 bits per heavy atom. The van der Waals surface area contributed by atoms with E-state index in [4.69, 9.17) is 0 Å². The molecule has 1 saturated heterocycles. The van der Waals surface area contributed by atoms with E-state index in [9.17, 15) is 0 Å². The van der Waals surface area contributed by atoms with Gasteiger partial charge in [-0.3, -0.25) is 0 Å². The molecule has 0 saturated carbocycles. The number of rotatable bonds is 4. The standard InChI is InChI=1S/C14H29N/c1-6-7-8-9-12-10-13(2,3)15-14(4,5)11-12/h12,15H,6-11H2,1-5H3. The van der Waals surface area contributed by atoms with Crippen LogP contribution in [-0.4, -0.2) is 11.1 Å². The average Bonchev–Trinajstić information content (AvgIpc) is 1.98. The van der Waals surface area contributed by atoms with Crippen molar-refractivity contribution in [3.63, 3.8) is 0 Å². The summed E-state index contributed by atoms with van der Waals surface area (Å²) in [7, 11) is 0. The predicted molar refractivity (Wildman–Crippen MR) is 68.2 cm³/mol. The zero-order valence-corrected chi connectivity index (χ0v) is 11.3. The Kier molecular flexibility index (Phi) is 4.22. The fourth-order valence-electron chi connectivity index (χ4n) is 3.42. The van der Waals surface area contributed by atoms with E-state index in [-0.39, 0.29) is 0 Å². The van der Waals surface area contributed by atoms with Crippen molar-refractivity contribution >= 4 is 0 Å². The van der Waals surface area contributed by atoms with Crippen molar-refractivity contribution in [2.45, 2.75) is 84.2 Å². The molecule has 0 bridgehead atoms. The molecule has 0 unspecified atom stereocenters. The first kappa shape index (κ1) is 13.0. The second-order valence-corrected chi connectivity index (χ2v) is 6.66. The maximum Gasteiger partial charge on any atom is 0.0132 e. The Morgan fingerprint density at radius 2 is 1.53 bits per heavy atom. The molecule has 1 aliphatic heterocycles. The van der Waals surface area contributed by atoms with Crippen LogP contribution < -0.4 is 5.32 Å². The normalized spacial score (nSPS) is 25.4. The third-order valence-corrected chi connectivity index (χ3v) is 3.49. The van der Waals surface area contributed by atoms with Gasteiger partial charge < -0.3 is 5.32 Å². The summed E-state index contributed by atoms with van der Waals surface area (Å²) in [6.07, 6.45) is 8.30. The van der Waals surface area contributed by atoms with E-state index in [2.05, 4.69) is 39.9 Å². The first-order chi connectivity index (χ1) is 6.85. The van der Waals surface area contributed by atoms with Crippen LogP contribution in [0.1, 0.15) is 73.1 Å². The Bertz CT molecular complexity index is 178. The molecule has 0 radical (unpaired) electrons. The predicted octanol–water partition coefficient (Wildman–Crippen LogP) is 4.12. The molecule has 1 fully saturated rings. The lowest BCUT2D eigenvalue weighted by molar-refractivity contribution is 0.122. The topological polar surface area (TPSA) is 12.0 Å². The second-order valence-electron chi connectivity index (χ2n) is 6.66. The highest BCUT2D eigenvalue weighted by atomic mass is 15.0. The van der Waals surface area contributed by atoms with E-state index in [0.717, 1.165) is 5.92 Å². The van der Waals surface area contributed by atoms with Crippen LogP contribution in [0.25, 0.3) is 0 Å². The van der Waals surface area contributed by atoms with E-state index in [1.807, 2.05) is 0 Å². The molecule has 0 aromatic carbocycles. The summed E-state index contributed by atoms with van der Waals surface area (Å²) >= 11 is 0. The number of hydrogen-bond acceptors (Lipinski definition) is 1. The molecule has 90 valence electrons. The van der Waals surface area contributed by atoms with Crippen molar-refractivity contribution in [1.82, 2.24) is 5.32 Å². The molecular weight excluding hydrogens is 182 g/mol. The van der Waals surface area contributed by atoms with Crippen molar-refractivity contribution in [3.05, 3.63) is 0 Å². The summed E-state index contributed by atoms with van der Waals surface area (Å²) in [5.74, 6) is 0.933. The molecule has 1 nitrogen and oxygen atoms in total. The molecule has 1 N–H and O–H groups in total. The van der Waals surface area contributed by atoms with E-state index in [0.29, 0.717) is 11.1 Å². The quantitative estimate of drug-likeness (QED) is 0.690. The zero-order valence-electron chi connectivity index (χ0n) is 11.3. The summed E-state index contributed by atoms with van der Waals surface area (Å²) in [5.41, 5.74) is 0.664. The monoisotopic (exact) mass is 211 g/mol. The van der Waals surface area contributed by atoms with E-state index >= 15 is 0 Å². The molecule has 1 heteroatoms. The highest BCUT2D eigenvalue weighted by molar-refractivity contribution is 4.96. The van der Waals surface area contributed by atoms with Crippen LogP contribution in [0, 0.1) is 5.92 Å². The lowest BCUT2D eigenvalue weighted by Gasteiger charge is -2.46. The van der Waals surface area contributed by atoms with Gasteiger partial charge in [-0.25, -0.2) is 0 Å². The van der Waals surface area contributed by atoms with Gasteiger partial charge in [0.15, 0.2) is 0 Å². The number of hydrogen-bond donors (Lipinski definition) is 1. The van der Waals surface area contributed by atoms with E-state index in [1.165, 1.54) is 38.5 Å². The molecule has 0 aromatic rings. The Labute approximate surface area is 96.0 Å². The van der Waals surface area contributed by atoms with Crippen LogP contribution in [0.4, 0.5) is 0 Å². The van der Waals surface area contributed by atoms with Gasteiger partial charge in [-0.1, -0.05) is 32.6 Å². The van der Waals surface area contributed by atoms with Gasteiger partial charge in [-0.2, -0.15) is 0 Å². The largest absolute Gasteiger partial charge is 0.307 e. The van der Waals surface area contributed by atoms with E-state index < -0.39 is 0 Å². The van der Waals surface area contributed by atoms with Gasteiger partial charge in [0.2, 0.25) is 0 Å². The van der Waals surface area contributed by atoms with Crippen molar-refractivity contribution in [2.75, 3.05) is 0 Å². The number of piperidine rings is 1. The van der Waals surface area contributed by atoms with Gasteiger partial charge in [-0.15, -0.1) is 0 Å². The SMILES string of the molecule is CCCCCC1CC(C)(C)NC(C)(C)C1. The third kappa shape index (κ3) is 4.55. The molecule has 1 rings (SSSR count).